The normalized spacial score (nSPS) is 15.5. The van der Waals surface area contributed by atoms with Crippen LogP contribution in [-0.4, -0.2) is 70.5 Å². The van der Waals surface area contributed by atoms with Gasteiger partial charge in [-0.05, 0) is 44.3 Å². The van der Waals surface area contributed by atoms with Gasteiger partial charge < -0.3 is 20.1 Å². The summed E-state index contributed by atoms with van der Waals surface area (Å²) in [5.41, 5.74) is 0.786. The third kappa shape index (κ3) is 12.0. The van der Waals surface area contributed by atoms with Gasteiger partial charge in [0.2, 0.25) is 0 Å². The van der Waals surface area contributed by atoms with Gasteiger partial charge in [-0.25, -0.2) is 4.39 Å². The minimum absolute atomic E-state index is 0. The molecular weight excluding hydrogens is 510 g/mol. The molecule has 1 aromatic carbocycles. The molecule has 6 nitrogen and oxygen atoms in total. The summed E-state index contributed by atoms with van der Waals surface area (Å²) in [7, 11) is 1.79. The number of guanidine groups is 1. The molecule has 1 fully saturated rings. The van der Waals surface area contributed by atoms with Gasteiger partial charge in [-0.15, -0.1) is 24.0 Å². The van der Waals surface area contributed by atoms with Crippen molar-refractivity contribution in [1.82, 2.24) is 15.5 Å². The molecule has 8 heteroatoms. The minimum atomic E-state index is -0.107. The molecule has 0 bridgehead atoms. The van der Waals surface area contributed by atoms with E-state index in [1.807, 2.05) is 12.1 Å². The largest absolute Gasteiger partial charge is 0.379 e. The van der Waals surface area contributed by atoms with Crippen molar-refractivity contribution in [3.8, 4) is 0 Å². The number of hydrogen-bond donors (Lipinski definition) is 2. The molecule has 0 radical (unpaired) electrons. The van der Waals surface area contributed by atoms with E-state index in [4.69, 9.17) is 9.47 Å². The van der Waals surface area contributed by atoms with Crippen LogP contribution >= 0.6 is 24.0 Å². The number of aliphatic imine (C=N–C) groups is 1. The van der Waals surface area contributed by atoms with Crippen LogP contribution in [0.15, 0.2) is 29.3 Å². The van der Waals surface area contributed by atoms with Gasteiger partial charge in [-0.2, -0.15) is 0 Å². The highest BCUT2D eigenvalue weighted by molar-refractivity contribution is 14.0. The zero-order chi connectivity index (χ0) is 21.4. The Morgan fingerprint density at radius 2 is 1.81 bits per heavy atom. The molecule has 178 valence electrons. The molecule has 0 saturated carbocycles. The van der Waals surface area contributed by atoms with Crippen molar-refractivity contribution in [2.24, 2.45) is 10.9 Å². The highest BCUT2D eigenvalue weighted by atomic mass is 127. The summed E-state index contributed by atoms with van der Waals surface area (Å²) in [5, 5.41) is 6.71. The second-order valence-corrected chi connectivity index (χ2v) is 7.77. The van der Waals surface area contributed by atoms with Crippen LogP contribution in [0, 0.1) is 11.7 Å². The van der Waals surface area contributed by atoms with Gasteiger partial charge in [0.15, 0.2) is 5.96 Å². The number of piperidine rings is 1. The highest BCUT2D eigenvalue weighted by Gasteiger charge is 2.20. The first kappa shape index (κ1) is 28.1. The highest BCUT2D eigenvalue weighted by Crippen LogP contribution is 2.19. The lowest BCUT2D eigenvalue weighted by Crippen LogP contribution is -2.43. The third-order valence-corrected chi connectivity index (χ3v) is 5.39. The van der Waals surface area contributed by atoms with Crippen LogP contribution in [0.1, 0.15) is 38.2 Å². The summed E-state index contributed by atoms with van der Waals surface area (Å²) in [6.45, 7) is 9.20. The summed E-state index contributed by atoms with van der Waals surface area (Å²) >= 11 is 0. The summed E-state index contributed by atoms with van der Waals surface area (Å²) < 4.78 is 24.9. The molecule has 1 aromatic rings. The molecule has 1 aliphatic heterocycles. The lowest BCUT2D eigenvalue weighted by Gasteiger charge is -2.32. The summed E-state index contributed by atoms with van der Waals surface area (Å²) in [6, 6.07) is 7.06. The average molecular weight is 551 g/mol. The van der Waals surface area contributed by atoms with E-state index in [1.165, 1.54) is 6.07 Å². The van der Waals surface area contributed by atoms with Crippen LogP contribution in [0.4, 0.5) is 4.39 Å². The number of unbranched alkanes of at least 4 members (excludes halogenated alkanes) is 1. The third-order valence-electron chi connectivity index (χ3n) is 5.39. The molecule has 0 amide bonds. The Morgan fingerprint density at radius 1 is 1.10 bits per heavy atom. The standard InChI is InChI=1S/C23H39FN4O2.HI/c1-3-4-14-29-16-17-30-15-11-26-23(25-2)27-18-20-9-12-28(13-10-20)19-21-7-5-6-8-22(21)24;/h5-8,20H,3-4,9-19H2,1-2H3,(H2,25,26,27);1H. The number of hydrogen-bond acceptors (Lipinski definition) is 4. The first-order valence-corrected chi connectivity index (χ1v) is 11.3. The van der Waals surface area contributed by atoms with Crippen LogP contribution in [0.25, 0.3) is 0 Å². The second-order valence-electron chi connectivity index (χ2n) is 7.77. The van der Waals surface area contributed by atoms with Crippen molar-refractivity contribution in [1.29, 1.82) is 0 Å². The summed E-state index contributed by atoms with van der Waals surface area (Å²) in [5.74, 6) is 1.31. The summed E-state index contributed by atoms with van der Waals surface area (Å²) in [6.07, 6.45) is 4.48. The molecule has 2 N–H and O–H groups in total. The van der Waals surface area contributed by atoms with Gasteiger partial charge in [-0.3, -0.25) is 9.89 Å². The minimum Gasteiger partial charge on any atom is -0.379 e. The van der Waals surface area contributed by atoms with Gasteiger partial charge in [0.1, 0.15) is 5.82 Å². The number of nitrogens with one attached hydrogen (secondary N) is 2. The number of halogens is 2. The van der Waals surface area contributed by atoms with Crippen molar-refractivity contribution in [3.05, 3.63) is 35.6 Å². The molecule has 0 atom stereocenters. The number of ether oxygens (including phenoxy) is 2. The average Bonchev–Trinajstić information content (AvgIpc) is 2.77. The topological polar surface area (TPSA) is 58.1 Å². The lowest BCUT2D eigenvalue weighted by atomic mass is 9.96. The Labute approximate surface area is 204 Å². The lowest BCUT2D eigenvalue weighted by molar-refractivity contribution is 0.0487. The quantitative estimate of drug-likeness (QED) is 0.170. The van der Waals surface area contributed by atoms with Crippen molar-refractivity contribution < 1.29 is 13.9 Å². The van der Waals surface area contributed by atoms with Crippen LogP contribution in [-0.2, 0) is 16.0 Å². The number of nitrogens with zero attached hydrogens (tertiary/aromatic N) is 2. The van der Waals surface area contributed by atoms with Crippen molar-refractivity contribution in [2.45, 2.75) is 39.2 Å². The molecule has 0 aliphatic carbocycles. The van der Waals surface area contributed by atoms with E-state index in [-0.39, 0.29) is 29.8 Å². The Kier molecular flexibility index (Phi) is 15.9. The molecule has 0 spiro atoms. The first-order valence-electron chi connectivity index (χ1n) is 11.3. The molecule has 2 rings (SSSR count). The van der Waals surface area contributed by atoms with Crippen LogP contribution in [0.2, 0.25) is 0 Å². The zero-order valence-electron chi connectivity index (χ0n) is 19.1. The summed E-state index contributed by atoms with van der Waals surface area (Å²) in [4.78, 5) is 6.62. The number of likely N-dealkylation sites (tertiary alicyclic amines) is 1. The monoisotopic (exact) mass is 550 g/mol. The maximum Gasteiger partial charge on any atom is 0.191 e. The maximum absolute atomic E-state index is 13.8. The van der Waals surface area contributed by atoms with Crippen LogP contribution < -0.4 is 10.6 Å². The van der Waals surface area contributed by atoms with E-state index in [2.05, 4.69) is 27.4 Å². The van der Waals surface area contributed by atoms with Crippen molar-refractivity contribution >= 4 is 29.9 Å². The van der Waals surface area contributed by atoms with Gasteiger partial charge in [0, 0.05) is 38.9 Å². The molecule has 0 unspecified atom stereocenters. The van der Waals surface area contributed by atoms with Gasteiger partial charge in [-0.1, -0.05) is 31.5 Å². The van der Waals surface area contributed by atoms with E-state index in [0.29, 0.717) is 32.3 Å². The van der Waals surface area contributed by atoms with E-state index in [0.717, 1.165) is 70.0 Å². The fourth-order valence-electron chi connectivity index (χ4n) is 3.49. The van der Waals surface area contributed by atoms with E-state index >= 15 is 0 Å². The number of rotatable bonds is 13. The van der Waals surface area contributed by atoms with Gasteiger partial charge in [0.25, 0.3) is 0 Å². The molecule has 1 aliphatic rings. The van der Waals surface area contributed by atoms with E-state index in [1.54, 1.807) is 13.1 Å². The van der Waals surface area contributed by atoms with Gasteiger partial charge in [0.05, 0.1) is 19.8 Å². The predicted octanol–water partition coefficient (Wildman–Crippen LogP) is 3.65. The SMILES string of the molecule is CCCCOCCOCCNC(=NC)NCC1CCN(Cc2ccccc2F)CC1.I. The molecule has 0 aromatic heterocycles. The van der Waals surface area contributed by atoms with E-state index < -0.39 is 0 Å². The fourth-order valence-corrected chi connectivity index (χ4v) is 3.49. The van der Waals surface area contributed by atoms with Crippen LogP contribution in [0.3, 0.4) is 0 Å². The first-order chi connectivity index (χ1) is 14.7. The Morgan fingerprint density at radius 3 is 2.48 bits per heavy atom. The number of benzene rings is 1. The van der Waals surface area contributed by atoms with Crippen molar-refractivity contribution in [3.63, 3.8) is 0 Å². The molecule has 1 saturated heterocycles. The Balaban J connectivity index is 0.00000480. The van der Waals surface area contributed by atoms with Crippen molar-refractivity contribution in [2.75, 3.05) is 59.7 Å². The molecule has 31 heavy (non-hydrogen) atoms. The van der Waals surface area contributed by atoms with Gasteiger partial charge >= 0.3 is 0 Å². The predicted molar refractivity (Wildman–Crippen MR) is 136 cm³/mol. The fraction of sp³-hybridized carbons (Fsp3) is 0.696. The smallest absolute Gasteiger partial charge is 0.191 e. The Hall–Kier alpha value is -0.970. The molecular formula is C23H40FIN4O2. The Bertz CT molecular complexity index is 613. The second kappa shape index (κ2) is 17.6. The zero-order valence-corrected chi connectivity index (χ0v) is 21.4. The van der Waals surface area contributed by atoms with Crippen LogP contribution in [0.5, 0.6) is 0 Å². The maximum atomic E-state index is 13.8. The van der Waals surface area contributed by atoms with E-state index in [9.17, 15) is 4.39 Å². The molecule has 1 heterocycles.